The molecule has 94 valence electrons. The zero-order valence-electron chi connectivity index (χ0n) is 10.3. The van der Waals surface area contributed by atoms with Crippen molar-refractivity contribution in [3.05, 3.63) is 23.8 Å². The second-order valence-corrected chi connectivity index (χ2v) is 5.45. The number of methoxy groups -OCH3 is 1. The van der Waals surface area contributed by atoms with Crippen molar-refractivity contribution in [2.75, 3.05) is 18.6 Å². The minimum Gasteiger partial charge on any atom is -0.493 e. The van der Waals surface area contributed by atoms with Crippen molar-refractivity contribution in [1.29, 1.82) is 0 Å². The van der Waals surface area contributed by atoms with E-state index in [4.69, 9.17) is 15.2 Å². The molecule has 1 fully saturated rings. The highest BCUT2D eigenvalue weighted by Crippen LogP contribution is 2.32. The van der Waals surface area contributed by atoms with E-state index in [9.17, 15) is 0 Å². The van der Waals surface area contributed by atoms with E-state index in [1.54, 1.807) is 7.11 Å². The molecular weight excluding hydrogens is 234 g/mol. The summed E-state index contributed by atoms with van der Waals surface area (Å²) in [5.74, 6) is 3.84. The SMILES string of the molecule is COc1ccc(C(C)N)cc1OC1CCSC1. The molecule has 0 saturated carbocycles. The lowest BCUT2D eigenvalue weighted by Crippen LogP contribution is -2.16. The van der Waals surface area contributed by atoms with E-state index in [1.165, 1.54) is 5.75 Å². The van der Waals surface area contributed by atoms with E-state index in [0.29, 0.717) is 6.10 Å². The predicted octanol–water partition coefficient (Wildman–Crippen LogP) is 2.60. The van der Waals surface area contributed by atoms with Crippen LogP contribution in [0.4, 0.5) is 0 Å². The summed E-state index contributed by atoms with van der Waals surface area (Å²) in [5.41, 5.74) is 6.96. The quantitative estimate of drug-likeness (QED) is 0.896. The van der Waals surface area contributed by atoms with Crippen LogP contribution in [0, 0.1) is 0 Å². The molecule has 0 bridgehead atoms. The summed E-state index contributed by atoms with van der Waals surface area (Å²) in [4.78, 5) is 0. The van der Waals surface area contributed by atoms with Crippen LogP contribution in [-0.4, -0.2) is 24.7 Å². The van der Waals surface area contributed by atoms with E-state index < -0.39 is 0 Å². The molecule has 1 aliphatic heterocycles. The third-order valence-electron chi connectivity index (χ3n) is 2.90. The monoisotopic (exact) mass is 253 g/mol. The summed E-state index contributed by atoms with van der Waals surface area (Å²) in [6.45, 7) is 1.97. The minimum atomic E-state index is 0.0150. The zero-order valence-corrected chi connectivity index (χ0v) is 11.1. The smallest absolute Gasteiger partial charge is 0.161 e. The Hall–Kier alpha value is -0.870. The molecular formula is C13H19NO2S. The fourth-order valence-corrected chi connectivity index (χ4v) is 2.95. The van der Waals surface area contributed by atoms with E-state index in [2.05, 4.69) is 0 Å². The van der Waals surface area contributed by atoms with Crippen molar-refractivity contribution in [3.63, 3.8) is 0 Å². The molecule has 0 aliphatic carbocycles. The van der Waals surface area contributed by atoms with Crippen LogP contribution in [0.1, 0.15) is 24.9 Å². The molecule has 1 saturated heterocycles. The molecule has 4 heteroatoms. The van der Waals surface area contributed by atoms with Crippen LogP contribution >= 0.6 is 11.8 Å². The molecule has 1 aromatic carbocycles. The van der Waals surface area contributed by atoms with Crippen LogP contribution in [0.2, 0.25) is 0 Å². The number of benzene rings is 1. The Morgan fingerprint density at radius 3 is 2.82 bits per heavy atom. The topological polar surface area (TPSA) is 44.5 Å². The molecule has 17 heavy (non-hydrogen) atoms. The standard InChI is InChI=1S/C13H19NO2S/c1-9(14)10-3-4-12(15-2)13(7-10)16-11-5-6-17-8-11/h3-4,7,9,11H,5-6,8,14H2,1-2H3. The van der Waals surface area contributed by atoms with E-state index >= 15 is 0 Å². The molecule has 1 aromatic rings. The normalized spacial score (nSPS) is 21.2. The van der Waals surface area contributed by atoms with Crippen molar-refractivity contribution in [1.82, 2.24) is 0 Å². The lowest BCUT2D eigenvalue weighted by atomic mass is 10.1. The number of hydrogen-bond acceptors (Lipinski definition) is 4. The van der Waals surface area contributed by atoms with Gasteiger partial charge in [0.05, 0.1) is 7.11 Å². The molecule has 0 spiro atoms. The highest BCUT2D eigenvalue weighted by Gasteiger charge is 2.19. The Bertz CT molecular complexity index is 376. The Kier molecular flexibility index (Phi) is 4.18. The molecule has 3 nitrogen and oxygen atoms in total. The highest BCUT2D eigenvalue weighted by molar-refractivity contribution is 7.99. The van der Waals surface area contributed by atoms with Crippen molar-refractivity contribution in [3.8, 4) is 11.5 Å². The van der Waals surface area contributed by atoms with Gasteiger partial charge in [0.15, 0.2) is 11.5 Å². The molecule has 2 rings (SSSR count). The molecule has 0 aromatic heterocycles. The molecule has 2 N–H and O–H groups in total. The number of ether oxygens (including phenoxy) is 2. The van der Waals surface area contributed by atoms with Gasteiger partial charge in [0, 0.05) is 11.8 Å². The van der Waals surface area contributed by atoms with E-state index in [-0.39, 0.29) is 6.04 Å². The maximum atomic E-state index is 5.99. The average Bonchev–Trinajstić information content (AvgIpc) is 2.81. The van der Waals surface area contributed by atoms with Gasteiger partial charge in [0.2, 0.25) is 0 Å². The second-order valence-electron chi connectivity index (χ2n) is 4.30. The first kappa shape index (κ1) is 12.6. The van der Waals surface area contributed by atoms with Gasteiger partial charge < -0.3 is 15.2 Å². The second kappa shape index (κ2) is 5.65. The van der Waals surface area contributed by atoms with Crippen LogP contribution in [0.15, 0.2) is 18.2 Å². The van der Waals surface area contributed by atoms with Crippen LogP contribution in [0.5, 0.6) is 11.5 Å². The molecule has 2 atom stereocenters. The van der Waals surface area contributed by atoms with Gasteiger partial charge in [0.1, 0.15) is 6.10 Å². The maximum Gasteiger partial charge on any atom is 0.161 e. The molecule has 2 unspecified atom stereocenters. The first-order chi connectivity index (χ1) is 8.20. The van der Waals surface area contributed by atoms with E-state index in [1.807, 2.05) is 36.9 Å². The number of rotatable bonds is 4. The number of hydrogen-bond donors (Lipinski definition) is 1. The summed E-state index contributed by atoms with van der Waals surface area (Å²) >= 11 is 1.93. The summed E-state index contributed by atoms with van der Waals surface area (Å²) in [6.07, 6.45) is 1.41. The summed E-state index contributed by atoms with van der Waals surface area (Å²) in [7, 11) is 1.66. The highest BCUT2D eigenvalue weighted by atomic mass is 32.2. The Balaban J connectivity index is 2.19. The van der Waals surface area contributed by atoms with Crippen molar-refractivity contribution in [2.24, 2.45) is 5.73 Å². The Labute approximate surface area is 107 Å². The van der Waals surface area contributed by atoms with Crippen molar-refractivity contribution >= 4 is 11.8 Å². The summed E-state index contributed by atoms with van der Waals surface area (Å²) in [6, 6.07) is 5.92. The van der Waals surface area contributed by atoms with Gasteiger partial charge in [-0.05, 0) is 36.8 Å². The fourth-order valence-electron chi connectivity index (χ4n) is 1.85. The van der Waals surface area contributed by atoms with Gasteiger partial charge in [-0.15, -0.1) is 0 Å². The lowest BCUT2D eigenvalue weighted by molar-refractivity contribution is 0.218. The van der Waals surface area contributed by atoms with Gasteiger partial charge in [-0.1, -0.05) is 6.07 Å². The third-order valence-corrected chi connectivity index (χ3v) is 4.03. The number of thioether (sulfide) groups is 1. The van der Waals surface area contributed by atoms with Gasteiger partial charge in [-0.25, -0.2) is 0 Å². The molecule has 1 heterocycles. The Morgan fingerprint density at radius 1 is 1.41 bits per heavy atom. The van der Waals surface area contributed by atoms with Crippen molar-refractivity contribution in [2.45, 2.75) is 25.5 Å². The lowest BCUT2D eigenvalue weighted by Gasteiger charge is -2.17. The predicted molar refractivity (Wildman–Crippen MR) is 72.0 cm³/mol. The molecule has 0 amide bonds. The van der Waals surface area contributed by atoms with Gasteiger partial charge in [-0.2, -0.15) is 11.8 Å². The molecule has 0 radical (unpaired) electrons. The third kappa shape index (κ3) is 3.07. The summed E-state index contributed by atoms with van der Waals surface area (Å²) in [5, 5.41) is 0. The largest absolute Gasteiger partial charge is 0.493 e. The minimum absolute atomic E-state index is 0.0150. The van der Waals surface area contributed by atoms with Crippen LogP contribution in [-0.2, 0) is 0 Å². The van der Waals surface area contributed by atoms with Gasteiger partial charge in [-0.3, -0.25) is 0 Å². The van der Waals surface area contributed by atoms with E-state index in [0.717, 1.165) is 29.2 Å². The number of nitrogens with two attached hydrogens (primary N) is 1. The Morgan fingerprint density at radius 2 is 2.24 bits per heavy atom. The summed E-state index contributed by atoms with van der Waals surface area (Å²) < 4.78 is 11.3. The van der Waals surface area contributed by atoms with Crippen LogP contribution in [0.3, 0.4) is 0 Å². The fraction of sp³-hybridized carbons (Fsp3) is 0.538. The molecule has 1 aliphatic rings. The van der Waals surface area contributed by atoms with Crippen molar-refractivity contribution < 1.29 is 9.47 Å². The average molecular weight is 253 g/mol. The van der Waals surface area contributed by atoms with Gasteiger partial charge >= 0.3 is 0 Å². The maximum absolute atomic E-state index is 5.99. The van der Waals surface area contributed by atoms with Gasteiger partial charge in [0.25, 0.3) is 0 Å². The first-order valence-electron chi connectivity index (χ1n) is 5.88. The zero-order chi connectivity index (χ0) is 12.3. The first-order valence-corrected chi connectivity index (χ1v) is 7.04. The van der Waals surface area contributed by atoms with Crippen LogP contribution < -0.4 is 15.2 Å². The van der Waals surface area contributed by atoms with Crippen LogP contribution in [0.25, 0.3) is 0 Å².